The second kappa shape index (κ2) is 6.06. The molecule has 2 aliphatic rings. The Bertz CT molecular complexity index is 530. The SMILES string of the molecule is COc1cc(C(=O)NC2CC[C@H]3CNC[C@H]3C2)ccc1C. The summed E-state index contributed by atoms with van der Waals surface area (Å²) in [5.74, 6) is 2.34. The number of methoxy groups -OCH3 is 1. The molecule has 21 heavy (non-hydrogen) atoms. The number of benzene rings is 1. The van der Waals surface area contributed by atoms with Crippen molar-refractivity contribution in [2.24, 2.45) is 11.8 Å². The van der Waals surface area contributed by atoms with Crippen molar-refractivity contribution in [2.75, 3.05) is 20.2 Å². The average Bonchev–Trinajstić information content (AvgIpc) is 2.95. The Hall–Kier alpha value is -1.55. The van der Waals surface area contributed by atoms with Crippen molar-refractivity contribution < 1.29 is 9.53 Å². The number of amides is 1. The summed E-state index contributed by atoms with van der Waals surface area (Å²) in [5.41, 5.74) is 1.73. The van der Waals surface area contributed by atoms with Crippen molar-refractivity contribution in [3.05, 3.63) is 29.3 Å². The van der Waals surface area contributed by atoms with Crippen LogP contribution in [0.2, 0.25) is 0 Å². The molecule has 1 saturated carbocycles. The third-order valence-electron chi connectivity index (χ3n) is 4.96. The second-order valence-corrected chi connectivity index (χ2v) is 6.35. The van der Waals surface area contributed by atoms with Gasteiger partial charge in [-0.05, 0) is 68.8 Å². The van der Waals surface area contributed by atoms with Gasteiger partial charge in [-0.3, -0.25) is 4.79 Å². The van der Waals surface area contributed by atoms with Gasteiger partial charge in [0.15, 0.2) is 0 Å². The molecule has 1 aromatic rings. The molecule has 1 aliphatic heterocycles. The Balaban J connectivity index is 1.63. The van der Waals surface area contributed by atoms with Gasteiger partial charge in [0, 0.05) is 11.6 Å². The zero-order valence-electron chi connectivity index (χ0n) is 12.8. The minimum Gasteiger partial charge on any atom is -0.496 e. The Morgan fingerprint density at radius 3 is 2.90 bits per heavy atom. The minimum absolute atomic E-state index is 0.0164. The predicted octanol–water partition coefficient (Wildman–Crippen LogP) is 2.12. The lowest BCUT2D eigenvalue weighted by Gasteiger charge is -2.31. The molecule has 0 bridgehead atoms. The van der Waals surface area contributed by atoms with Crippen LogP contribution in [0, 0.1) is 18.8 Å². The number of ether oxygens (including phenoxy) is 1. The fourth-order valence-electron chi connectivity index (χ4n) is 3.66. The highest BCUT2D eigenvalue weighted by atomic mass is 16.5. The number of carbonyl (C=O) groups excluding carboxylic acids is 1. The number of aryl methyl sites for hydroxylation is 1. The van der Waals surface area contributed by atoms with Crippen LogP contribution >= 0.6 is 0 Å². The molecule has 114 valence electrons. The average molecular weight is 288 g/mol. The van der Waals surface area contributed by atoms with Gasteiger partial charge in [0.2, 0.25) is 0 Å². The van der Waals surface area contributed by atoms with Gasteiger partial charge in [0.1, 0.15) is 5.75 Å². The first kappa shape index (κ1) is 14.4. The first-order valence-electron chi connectivity index (χ1n) is 7.83. The molecule has 4 heteroatoms. The molecule has 0 aromatic heterocycles. The summed E-state index contributed by atoms with van der Waals surface area (Å²) in [6, 6.07) is 5.94. The van der Waals surface area contributed by atoms with Gasteiger partial charge in [0.05, 0.1) is 7.11 Å². The van der Waals surface area contributed by atoms with Crippen LogP contribution in [-0.2, 0) is 0 Å². The monoisotopic (exact) mass is 288 g/mol. The van der Waals surface area contributed by atoms with Crippen molar-refractivity contribution in [3.63, 3.8) is 0 Å². The molecule has 1 heterocycles. The van der Waals surface area contributed by atoms with Crippen molar-refractivity contribution in [3.8, 4) is 5.75 Å². The van der Waals surface area contributed by atoms with E-state index in [0.29, 0.717) is 11.6 Å². The second-order valence-electron chi connectivity index (χ2n) is 6.35. The van der Waals surface area contributed by atoms with Gasteiger partial charge in [-0.1, -0.05) is 6.07 Å². The maximum absolute atomic E-state index is 12.4. The highest BCUT2D eigenvalue weighted by Crippen LogP contribution is 2.32. The van der Waals surface area contributed by atoms with E-state index < -0.39 is 0 Å². The Labute approximate surface area is 126 Å². The smallest absolute Gasteiger partial charge is 0.251 e. The first-order valence-corrected chi connectivity index (χ1v) is 7.83. The third kappa shape index (κ3) is 3.05. The van der Waals surface area contributed by atoms with Crippen LogP contribution in [0.25, 0.3) is 0 Å². The normalized spacial score (nSPS) is 28.0. The zero-order chi connectivity index (χ0) is 14.8. The number of carbonyl (C=O) groups is 1. The highest BCUT2D eigenvalue weighted by molar-refractivity contribution is 5.94. The third-order valence-corrected chi connectivity index (χ3v) is 4.96. The molecule has 0 radical (unpaired) electrons. The molecule has 2 fully saturated rings. The predicted molar refractivity (Wildman–Crippen MR) is 82.7 cm³/mol. The summed E-state index contributed by atoms with van der Waals surface area (Å²) in [6.45, 7) is 4.24. The fraction of sp³-hybridized carbons (Fsp3) is 0.588. The van der Waals surface area contributed by atoms with Gasteiger partial charge >= 0.3 is 0 Å². The molecule has 3 atom stereocenters. The Morgan fingerprint density at radius 2 is 2.10 bits per heavy atom. The molecule has 1 amide bonds. The number of nitrogens with one attached hydrogen (secondary N) is 2. The molecular weight excluding hydrogens is 264 g/mol. The largest absolute Gasteiger partial charge is 0.496 e. The van der Waals surface area contributed by atoms with E-state index >= 15 is 0 Å². The topological polar surface area (TPSA) is 50.4 Å². The number of hydrogen-bond donors (Lipinski definition) is 2. The van der Waals surface area contributed by atoms with E-state index in [4.69, 9.17) is 4.74 Å². The van der Waals surface area contributed by atoms with Crippen LogP contribution in [0.5, 0.6) is 5.75 Å². The van der Waals surface area contributed by atoms with Crippen LogP contribution in [0.15, 0.2) is 18.2 Å². The lowest BCUT2D eigenvalue weighted by atomic mass is 9.79. The van der Waals surface area contributed by atoms with E-state index in [0.717, 1.165) is 49.1 Å². The van der Waals surface area contributed by atoms with E-state index in [1.54, 1.807) is 7.11 Å². The molecule has 1 aromatic carbocycles. The molecule has 2 N–H and O–H groups in total. The minimum atomic E-state index is 0.0164. The summed E-state index contributed by atoms with van der Waals surface area (Å²) in [4.78, 5) is 12.4. The van der Waals surface area contributed by atoms with Crippen LogP contribution in [-0.4, -0.2) is 32.1 Å². The summed E-state index contributed by atoms with van der Waals surface area (Å²) < 4.78 is 5.29. The van der Waals surface area contributed by atoms with Crippen LogP contribution in [0.1, 0.15) is 35.2 Å². The lowest BCUT2D eigenvalue weighted by molar-refractivity contribution is 0.0913. The van der Waals surface area contributed by atoms with Crippen LogP contribution in [0.4, 0.5) is 0 Å². The summed E-state index contributed by atoms with van der Waals surface area (Å²) in [7, 11) is 1.64. The molecule has 1 unspecified atom stereocenters. The quantitative estimate of drug-likeness (QED) is 0.896. The lowest BCUT2D eigenvalue weighted by Crippen LogP contribution is -2.40. The van der Waals surface area contributed by atoms with E-state index in [9.17, 15) is 4.79 Å². The maximum Gasteiger partial charge on any atom is 0.251 e. The van der Waals surface area contributed by atoms with Gasteiger partial charge in [-0.25, -0.2) is 0 Å². The van der Waals surface area contributed by atoms with Gasteiger partial charge < -0.3 is 15.4 Å². The Kier molecular flexibility index (Phi) is 4.15. The van der Waals surface area contributed by atoms with E-state index in [2.05, 4.69) is 10.6 Å². The number of hydrogen-bond acceptors (Lipinski definition) is 3. The van der Waals surface area contributed by atoms with E-state index in [1.165, 1.54) is 6.42 Å². The van der Waals surface area contributed by atoms with Gasteiger partial charge in [-0.2, -0.15) is 0 Å². The first-order chi connectivity index (χ1) is 10.2. The van der Waals surface area contributed by atoms with Crippen molar-refractivity contribution in [1.29, 1.82) is 0 Å². The molecule has 1 aliphatic carbocycles. The van der Waals surface area contributed by atoms with Crippen LogP contribution in [0.3, 0.4) is 0 Å². The van der Waals surface area contributed by atoms with Gasteiger partial charge in [0.25, 0.3) is 5.91 Å². The van der Waals surface area contributed by atoms with Crippen molar-refractivity contribution in [2.45, 2.75) is 32.2 Å². The Morgan fingerprint density at radius 1 is 1.29 bits per heavy atom. The molecule has 3 rings (SSSR count). The summed E-state index contributed by atoms with van der Waals surface area (Å²) in [5, 5.41) is 6.66. The van der Waals surface area contributed by atoms with Gasteiger partial charge in [-0.15, -0.1) is 0 Å². The summed E-state index contributed by atoms with van der Waals surface area (Å²) in [6.07, 6.45) is 3.42. The van der Waals surface area contributed by atoms with Crippen molar-refractivity contribution >= 4 is 5.91 Å². The maximum atomic E-state index is 12.4. The molecular formula is C17H24N2O2. The number of fused-ring (bicyclic) bond motifs is 1. The van der Waals surface area contributed by atoms with Crippen molar-refractivity contribution in [1.82, 2.24) is 10.6 Å². The fourth-order valence-corrected chi connectivity index (χ4v) is 3.66. The standard InChI is InChI=1S/C17H24N2O2/c1-11-3-4-12(8-16(11)21-2)17(20)19-15-6-5-13-9-18-10-14(13)7-15/h3-4,8,13-15,18H,5-7,9-10H2,1-2H3,(H,19,20)/t13-,14+,15?/m0/s1. The summed E-state index contributed by atoms with van der Waals surface area (Å²) >= 11 is 0. The molecule has 1 saturated heterocycles. The zero-order valence-corrected chi connectivity index (χ0v) is 12.8. The number of rotatable bonds is 3. The molecule has 0 spiro atoms. The van der Waals surface area contributed by atoms with Crippen LogP contribution < -0.4 is 15.4 Å². The highest BCUT2D eigenvalue weighted by Gasteiger charge is 2.34. The van der Waals surface area contributed by atoms with E-state index in [-0.39, 0.29) is 5.91 Å². The van der Waals surface area contributed by atoms with E-state index in [1.807, 2.05) is 25.1 Å². The molecule has 4 nitrogen and oxygen atoms in total.